The molecule has 0 radical (unpaired) electrons. The van der Waals surface area contributed by atoms with Crippen molar-refractivity contribution < 1.29 is 13.9 Å². The molecule has 1 rings (SSSR count). The Morgan fingerprint density at radius 3 is 2.93 bits per heavy atom. The molecule has 1 heterocycles. The normalized spacial score (nSPS) is 12.5. The van der Waals surface area contributed by atoms with Crippen LogP contribution < -0.4 is 0 Å². The van der Waals surface area contributed by atoms with Crippen molar-refractivity contribution in [1.82, 2.24) is 4.98 Å². The van der Waals surface area contributed by atoms with Crippen LogP contribution in [0.15, 0.2) is 10.8 Å². The van der Waals surface area contributed by atoms with Crippen LogP contribution in [0.2, 0.25) is 0 Å². The Balaban J connectivity index is 2.81. The number of rotatable bonds is 5. The van der Waals surface area contributed by atoms with E-state index in [1.165, 1.54) is 6.39 Å². The Bertz CT molecular complexity index is 319. The van der Waals surface area contributed by atoms with Crippen molar-refractivity contribution in [3.05, 3.63) is 17.8 Å². The first kappa shape index (κ1) is 11.8. The molecule has 4 nitrogen and oxygen atoms in total. The second-order valence-electron chi connectivity index (χ2n) is 3.48. The molecule has 0 aliphatic heterocycles. The average Bonchev–Trinajstić information content (AvgIpc) is 2.66. The van der Waals surface area contributed by atoms with Crippen molar-refractivity contribution in [2.24, 2.45) is 0 Å². The third-order valence-corrected chi connectivity index (χ3v) is 2.23. The van der Waals surface area contributed by atoms with Gasteiger partial charge in [-0.3, -0.25) is 0 Å². The maximum absolute atomic E-state index is 11.5. The summed E-state index contributed by atoms with van der Waals surface area (Å²) in [6, 6.07) is 0. The van der Waals surface area contributed by atoms with Gasteiger partial charge in [0.2, 0.25) is 0 Å². The van der Waals surface area contributed by atoms with Gasteiger partial charge in [-0.15, -0.1) is 0 Å². The van der Waals surface area contributed by atoms with E-state index in [0.717, 1.165) is 12.8 Å². The van der Waals surface area contributed by atoms with Gasteiger partial charge in [0.1, 0.15) is 5.76 Å². The monoisotopic (exact) mass is 211 g/mol. The van der Waals surface area contributed by atoms with Gasteiger partial charge in [-0.1, -0.05) is 20.3 Å². The van der Waals surface area contributed by atoms with Crippen molar-refractivity contribution in [1.29, 1.82) is 0 Å². The lowest BCUT2D eigenvalue weighted by atomic mass is 10.0. The van der Waals surface area contributed by atoms with Crippen LogP contribution in [0, 0.1) is 0 Å². The summed E-state index contributed by atoms with van der Waals surface area (Å²) in [7, 11) is 0. The minimum absolute atomic E-state index is 0.205. The lowest BCUT2D eigenvalue weighted by Gasteiger charge is -2.07. The smallest absolute Gasteiger partial charge is 0.360 e. The molecule has 4 heteroatoms. The van der Waals surface area contributed by atoms with E-state index in [1.54, 1.807) is 6.92 Å². The molecule has 0 bridgehead atoms. The van der Waals surface area contributed by atoms with Gasteiger partial charge >= 0.3 is 5.97 Å². The lowest BCUT2D eigenvalue weighted by Crippen LogP contribution is -2.09. The minimum atomic E-state index is -0.399. The maximum atomic E-state index is 11.5. The summed E-state index contributed by atoms with van der Waals surface area (Å²) in [5, 5.41) is 0. The molecule has 1 unspecified atom stereocenters. The van der Waals surface area contributed by atoms with Gasteiger partial charge in [-0.05, 0) is 13.3 Å². The standard InChI is InChI=1S/C11H17NO3/c1-4-6-8(3)10-9(12-7-15-10)11(13)14-5-2/h7-8H,4-6H2,1-3H3. The predicted molar refractivity (Wildman–Crippen MR) is 55.8 cm³/mol. The van der Waals surface area contributed by atoms with Crippen molar-refractivity contribution in [2.75, 3.05) is 6.61 Å². The molecule has 0 fully saturated rings. The van der Waals surface area contributed by atoms with Crippen molar-refractivity contribution in [3.63, 3.8) is 0 Å². The molecule has 0 amide bonds. The summed E-state index contributed by atoms with van der Waals surface area (Å²) in [4.78, 5) is 15.4. The summed E-state index contributed by atoms with van der Waals surface area (Å²) in [6.45, 7) is 6.24. The zero-order valence-electron chi connectivity index (χ0n) is 9.45. The fourth-order valence-electron chi connectivity index (χ4n) is 1.52. The number of hydrogen-bond acceptors (Lipinski definition) is 4. The topological polar surface area (TPSA) is 52.3 Å². The molecule has 84 valence electrons. The van der Waals surface area contributed by atoms with Gasteiger partial charge < -0.3 is 9.15 Å². The number of hydrogen-bond donors (Lipinski definition) is 0. The van der Waals surface area contributed by atoms with Crippen LogP contribution in [-0.2, 0) is 4.74 Å². The zero-order chi connectivity index (χ0) is 11.3. The maximum Gasteiger partial charge on any atom is 0.360 e. The quantitative estimate of drug-likeness (QED) is 0.703. The van der Waals surface area contributed by atoms with E-state index in [4.69, 9.17) is 9.15 Å². The van der Waals surface area contributed by atoms with Crippen molar-refractivity contribution >= 4 is 5.97 Å². The van der Waals surface area contributed by atoms with Gasteiger partial charge in [-0.2, -0.15) is 0 Å². The van der Waals surface area contributed by atoms with E-state index in [1.807, 2.05) is 6.92 Å². The second kappa shape index (κ2) is 5.53. The Morgan fingerprint density at radius 2 is 2.33 bits per heavy atom. The van der Waals surface area contributed by atoms with Crippen LogP contribution >= 0.6 is 0 Å². The highest BCUT2D eigenvalue weighted by atomic mass is 16.5. The van der Waals surface area contributed by atoms with Crippen LogP contribution in [0.5, 0.6) is 0 Å². The fraction of sp³-hybridized carbons (Fsp3) is 0.636. The molecule has 15 heavy (non-hydrogen) atoms. The van der Waals surface area contributed by atoms with E-state index in [9.17, 15) is 4.79 Å². The van der Waals surface area contributed by atoms with Crippen LogP contribution in [-0.4, -0.2) is 17.6 Å². The summed E-state index contributed by atoms with van der Waals surface area (Å²) in [6.07, 6.45) is 3.32. The molecule has 0 N–H and O–H groups in total. The summed E-state index contributed by atoms with van der Waals surface area (Å²) >= 11 is 0. The van der Waals surface area contributed by atoms with E-state index >= 15 is 0 Å². The van der Waals surface area contributed by atoms with Gasteiger partial charge in [0, 0.05) is 5.92 Å². The summed E-state index contributed by atoms with van der Waals surface area (Å²) in [5.74, 6) is 0.441. The Hall–Kier alpha value is -1.32. The average molecular weight is 211 g/mol. The molecule has 0 spiro atoms. The van der Waals surface area contributed by atoms with Gasteiger partial charge in [0.15, 0.2) is 12.1 Å². The first-order valence-corrected chi connectivity index (χ1v) is 5.31. The van der Waals surface area contributed by atoms with Crippen molar-refractivity contribution in [3.8, 4) is 0 Å². The Kier molecular flexibility index (Phi) is 4.34. The van der Waals surface area contributed by atoms with E-state index in [0.29, 0.717) is 18.1 Å². The van der Waals surface area contributed by atoms with Gasteiger partial charge in [0.25, 0.3) is 0 Å². The molecule has 0 aromatic carbocycles. The SMILES string of the molecule is CCCC(C)c1ocnc1C(=O)OCC. The molecule has 1 atom stereocenters. The largest absolute Gasteiger partial charge is 0.461 e. The van der Waals surface area contributed by atoms with E-state index in [-0.39, 0.29) is 5.92 Å². The van der Waals surface area contributed by atoms with Crippen molar-refractivity contribution in [2.45, 2.75) is 39.5 Å². The number of aromatic nitrogens is 1. The van der Waals surface area contributed by atoms with Crippen LogP contribution in [0.25, 0.3) is 0 Å². The molecule has 0 saturated heterocycles. The first-order valence-electron chi connectivity index (χ1n) is 5.31. The molecule has 0 saturated carbocycles. The molecule has 1 aromatic rings. The Morgan fingerprint density at radius 1 is 1.60 bits per heavy atom. The third-order valence-electron chi connectivity index (χ3n) is 2.23. The van der Waals surface area contributed by atoms with Crippen LogP contribution in [0.1, 0.15) is 55.8 Å². The number of oxazole rings is 1. The lowest BCUT2D eigenvalue weighted by molar-refractivity contribution is 0.0517. The number of carbonyl (C=O) groups excluding carboxylic acids is 1. The number of ether oxygens (including phenoxy) is 1. The van der Waals surface area contributed by atoms with E-state index in [2.05, 4.69) is 11.9 Å². The molecule has 0 aliphatic rings. The summed E-state index contributed by atoms with van der Waals surface area (Å²) in [5.41, 5.74) is 0.317. The van der Waals surface area contributed by atoms with Gasteiger partial charge in [-0.25, -0.2) is 9.78 Å². The fourth-order valence-corrected chi connectivity index (χ4v) is 1.52. The second-order valence-corrected chi connectivity index (χ2v) is 3.48. The van der Waals surface area contributed by atoms with E-state index < -0.39 is 5.97 Å². The first-order chi connectivity index (χ1) is 7.20. The molecular formula is C11H17NO3. The highest BCUT2D eigenvalue weighted by Gasteiger charge is 2.21. The van der Waals surface area contributed by atoms with Crippen LogP contribution in [0.4, 0.5) is 0 Å². The highest BCUT2D eigenvalue weighted by Crippen LogP contribution is 2.23. The molecule has 0 aliphatic carbocycles. The zero-order valence-corrected chi connectivity index (χ0v) is 9.45. The predicted octanol–water partition coefficient (Wildman–Crippen LogP) is 2.75. The van der Waals surface area contributed by atoms with Crippen LogP contribution in [0.3, 0.4) is 0 Å². The minimum Gasteiger partial charge on any atom is -0.461 e. The third kappa shape index (κ3) is 2.81. The number of nitrogens with zero attached hydrogens (tertiary/aromatic N) is 1. The highest BCUT2D eigenvalue weighted by molar-refractivity contribution is 5.88. The van der Waals surface area contributed by atoms with Gasteiger partial charge in [0.05, 0.1) is 6.61 Å². The number of carbonyl (C=O) groups is 1. The summed E-state index contributed by atoms with van der Waals surface area (Å²) < 4.78 is 10.1. The Labute approximate surface area is 89.6 Å². The molecule has 1 aromatic heterocycles. The number of esters is 1. The molecular weight excluding hydrogens is 194 g/mol.